The molecule has 6 nitrogen and oxygen atoms in total. The SMILES string of the molecule is CCCN1C(=O)Cc2ccccc2C1C(=O)NCc1ccc(OC)c(OC)c1. The van der Waals surface area contributed by atoms with Crippen LogP contribution in [0.15, 0.2) is 42.5 Å². The number of benzene rings is 2. The zero-order valence-electron chi connectivity index (χ0n) is 16.5. The molecule has 2 aromatic carbocycles. The van der Waals surface area contributed by atoms with E-state index in [1.807, 2.05) is 49.4 Å². The summed E-state index contributed by atoms with van der Waals surface area (Å²) in [7, 11) is 3.16. The monoisotopic (exact) mass is 382 g/mol. The molecule has 3 rings (SSSR count). The van der Waals surface area contributed by atoms with Crippen molar-refractivity contribution in [2.24, 2.45) is 0 Å². The molecule has 0 saturated carbocycles. The van der Waals surface area contributed by atoms with Crippen LogP contribution in [0.1, 0.15) is 36.1 Å². The van der Waals surface area contributed by atoms with E-state index in [0.717, 1.165) is 23.1 Å². The number of carbonyl (C=O) groups excluding carboxylic acids is 2. The Balaban J connectivity index is 1.81. The van der Waals surface area contributed by atoms with E-state index in [0.29, 0.717) is 31.0 Å². The van der Waals surface area contributed by atoms with Gasteiger partial charge in [-0.15, -0.1) is 0 Å². The average molecular weight is 382 g/mol. The fraction of sp³-hybridized carbons (Fsp3) is 0.364. The zero-order valence-corrected chi connectivity index (χ0v) is 16.5. The number of nitrogens with zero attached hydrogens (tertiary/aromatic N) is 1. The third-order valence-electron chi connectivity index (χ3n) is 4.95. The van der Waals surface area contributed by atoms with Gasteiger partial charge in [-0.25, -0.2) is 0 Å². The largest absolute Gasteiger partial charge is 0.493 e. The van der Waals surface area contributed by atoms with Crippen LogP contribution in [0, 0.1) is 0 Å². The molecule has 1 aliphatic heterocycles. The summed E-state index contributed by atoms with van der Waals surface area (Å²) in [5.41, 5.74) is 2.72. The van der Waals surface area contributed by atoms with Crippen molar-refractivity contribution < 1.29 is 19.1 Å². The number of carbonyl (C=O) groups is 2. The van der Waals surface area contributed by atoms with Crippen LogP contribution in [0.2, 0.25) is 0 Å². The molecule has 0 fully saturated rings. The summed E-state index contributed by atoms with van der Waals surface area (Å²) in [6.07, 6.45) is 1.14. The van der Waals surface area contributed by atoms with Gasteiger partial charge in [-0.1, -0.05) is 37.3 Å². The van der Waals surface area contributed by atoms with Crippen LogP contribution in [-0.4, -0.2) is 37.5 Å². The lowest BCUT2D eigenvalue weighted by Gasteiger charge is -2.36. The maximum absolute atomic E-state index is 13.1. The number of methoxy groups -OCH3 is 2. The molecule has 0 spiro atoms. The molecule has 0 saturated heterocycles. The number of ether oxygens (including phenoxy) is 2. The van der Waals surface area contributed by atoms with Crippen molar-refractivity contribution >= 4 is 11.8 Å². The molecule has 148 valence electrons. The standard InChI is InChI=1S/C22H26N2O4/c1-4-11-24-20(25)13-16-7-5-6-8-17(16)21(24)22(26)23-14-15-9-10-18(27-2)19(12-15)28-3/h5-10,12,21H,4,11,13-14H2,1-3H3,(H,23,26). The predicted octanol–water partition coefficient (Wildman–Crippen LogP) is 2.86. The molecule has 0 bridgehead atoms. The van der Waals surface area contributed by atoms with Gasteiger partial charge in [0.25, 0.3) is 0 Å². The van der Waals surface area contributed by atoms with Crippen molar-refractivity contribution in [3.63, 3.8) is 0 Å². The van der Waals surface area contributed by atoms with Crippen LogP contribution in [0.5, 0.6) is 11.5 Å². The van der Waals surface area contributed by atoms with E-state index in [2.05, 4.69) is 5.32 Å². The van der Waals surface area contributed by atoms with Crippen LogP contribution in [0.4, 0.5) is 0 Å². The number of amides is 2. The molecule has 0 aromatic heterocycles. The summed E-state index contributed by atoms with van der Waals surface area (Å²) in [5.74, 6) is 1.06. The molecule has 1 unspecified atom stereocenters. The quantitative estimate of drug-likeness (QED) is 0.800. The second kappa shape index (κ2) is 8.78. The van der Waals surface area contributed by atoms with Crippen molar-refractivity contribution in [2.45, 2.75) is 32.4 Å². The molecule has 1 heterocycles. The first-order chi connectivity index (χ1) is 13.6. The molecular formula is C22H26N2O4. The van der Waals surface area contributed by atoms with Gasteiger partial charge in [-0.3, -0.25) is 9.59 Å². The Bertz CT molecular complexity index is 865. The molecule has 1 atom stereocenters. The highest BCUT2D eigenvalue weighted by atomic mass is 16.5. The van der Waals surface area contributed by atoms with Gasteiger partial charge in [0.1, 0.15) is 6.04 Å². The Labute approximate surface area is 165 Å². The lowest BCUT2D eigenvalue weighted by molar-refractivity contribution is -0.141. The second-order valence-corrected chi connectivity index (χ2v) is 6.77. The smallest absolute Gasteiger partial charge is 0.247 e. The first-order valence-electron chi connectivity index (χ1n) is 9.45. The zero-order chi connectivity index (χ0) is 20.1. The molecular weight excluding hydrogens is 356 g/mol. The lowest BCUT2D eigenvalue weighted by atomic mass is 9.91. The lowest BCUT2D eigenvalue weighted by Crippen LogP contribution is -2.47. The molecule has 28 heavy (non-hydrogen) atoms. The van der Waals surface area contributed by atoms with Crippen molar-refractivity contribution in [1.29, 1.82) is 0 Å². The van der Waals surface area contributed by atoms with E-state index in [1.54, 1.807) is 19.1 Å². The van der Waals surface area contributed by atoms with E-state index in [-0.39, 0.29) is 11.8 Å². The molecule has 2 aromatic rings. The van der Waals surface area contributed by atoms with Crippen LogP contribution in [0.3, 0.4) is 0 Å². The fourth-order valence-corrected chi connectivity index (χ4v) is 3.59. The number of hydrogen-bond donors (Lipinski definition) is 1. The molecule has 1 aliphatic rings. The van der Waals surface area contributed by atoms with E-state index >= 15 is 0 Å². The van der Waals surface area contributed by atoms with Crippen LogP contribution in [-0.2, 0) is 22.6 Å². The molecule has 0 radical (unpaired) electrons. The van der Waals surface area contributed by atoms with Gasteiger partial charge < -0.3 is 19.7 Å². The van der Waals surface area contributed by atoms with Crippen molar-refractivity contribution in [2.75, 3.05) is 20.8 Å². The normalized spacial score (nSPS) is 15.8. The van der Waals surface area contributed by atoms with E-state index < -0.39 is 6.04 Å². The van der Waals surface area contributed by atoms with Gasteiger partial charge in [-0.2, -0.15) is 0 Å². The fourth-order valence-electron chi connectivity index (χ4n) is 3.59. The Morgan fingerprint density at radius 3 is 2.61 bits per heavy atom. The number of nitrogens with one attached hydrogen (secondary N) is 1. The topological polar surface area (TPSA) is 67.9 Å². The molecule has 2 amide bonds. The number of fused-ring (bicyclic) bond motifs is 1. The highest BCUT2D eigenvalue weighted by molar-refractivity contribution is 5.92. The highest BCUT2D eigenvalue weighted by Gasteiger charge is 2.36. The van der Waals surface area contributed by atoms with Gasteiger partial charge in [0.2, 0.25) is 11.8 Å². The van der Waals surface area contributed by atoms with Crippen molar-refractivity contribution in [1.82, 2.24) is 10.2 Å². The Kier molecular flexibility index (Phi) is 6.19. The van der Waals surface area contributed by atoms with Crippen molar-refractivity contribution in [3.8, 4) is 11.5 Å². The second-order valence-electron chi connectivity index (χ2n) is 6.77. The predicted molar refractivity (Wildman–Crippen MR) is 106 cm³/mol. The summed E-state index contributed by atoms with van der Waals surface area (Å²) in [6.45, 7) is 2.90. The Morgan fingerprint density at radius 2 is 1.89 bits per heavy atom. The van der Waals surface area contributed by atoms with Crippen LogP contribution in [0.25, 0.3) is 0 Å². The van der Waals surface area contributed by atoms with Crippen LogP contribution < -0.4 is 14.8 Å². The summed E-state index contributed by atoms with van der Waals surface area (Å²) < 4.78 is 10.6. The summed E-state index contributed by atoms with van der Waals surface area (Å²) >= 11 is 0. The molecule has 6 heteroatoms. The van der Waals surface area contributed by atoms with E-state index in [1.165, 1.54) is 0 Å². The number of rotatable bonds is 7. The minimum atomic E-state index is -0.599. The molecule has 0 aliphatic carbocycles. The van der Waals surface area contributed by atoms with E-state index in [4.69, 9.17) is 9.47 Å². The maximum atomic E-state index is 13.1. The maximum Gasteiger partial charge on any atom is 0.247 e. The first kappa shape index (κ1) is 19.7. The summed E-state index contributed by atoms with van der Waals surface area (Å²) in [6, 6.07) is 12.6. The minimum Gasteiger partial charge on any atom is -0.493 e. The van der Waals surface area contributed by atoms with Gasteiger partial charge in [0.15, 0.2) is 11.5 Å². The number of hydrogen-bond acceptors (Lipinski definition) is 4. The first-order valence-corrected chi connectivity index (χ1v) is 9.45. The van der Waals surface area contributed by atoms with Gasteiger partial charge in [0, 0.05) is 13.1 Å². The van der Waals surface area contributed by atoms with Crippen molar-refractivity contribution in [3.05, 3.63) is 59.2 Å². The van der Waals surface area contributed by atoms with Crippen LogP contribution >= 0.6 is 0 Å². The van der Waals surface area contributed by atoms with Gasteiger partial charge in [-0.05, 0) is 35.2 Å². The highest BCUT2D eigenvalue weighted by Crippen LogP contribution is 2.31. The Morgan fingerprint density at radius 1 is 1.14 bits per heavy atom. The Hall–Kier alpha value is -3.02. The average Bonchev–Trinajstić information content (AvgIpc) is 2.72. The molecule has 1 N–H and O–H groups in total. The van der Waals surface area contributed by atoms with Gasteiger partial charge in [0.05, 0.1) is 20.6 Å². The summed E-state index contributed by atoms with van der Waals surface area (Å²) in [5, 5.41) is 2.98. The van der Waals surface area contributed by atoms with E-state index in [9.17, 15) is 9.59 Å². The summed E-state index contributed by atoms with van der Waals surface area (Å²) in [4.78, 5) is 27.4. The third kappa shape index (κ3) is 3.96. The third-order valence-corrected chi connectivity index (χ3v) is 4.95. The minimum absolute atomic E-state index is 0.00758. The van der Waals surface area contributed by atoms with Gasteiger partial charge >= 0.3 is 0 Å².